The SMILES string of the molecule is CCOS(CCCOCC1CO1)(OCC)OCC. The fourth-order valence-corrected chi connectivity index (χ4v) is 3.64. The Morgan fingerprint density at radius 1 is 1.06 bits per heavy atom. The highest BCUT2D eigenvalue weighted by Crippen LogP contribution is 2.51. The van der Waals surface area contributed by atoms with Crippen molar-refractivity contribution >= 4 is 10.9 Å². The summed E-state index contributed by atoms with van der Waals surface area (Å²) in [4.78, 5) is 0. The normalized spacial score (nSPS) is 20.1. The van der Waals surface area contributed by atoms with Crippen molar-refractivity contribution in [2.45, 2.75) is 33.3 Å². The Labute approximate surface area is 112 Å². The quantitative estimate of drug-likeness (QED) is 0.406. The van der Waals surface area contributed by atoms with Crippen LogP contribution in [0.5, 0.6) is 0 Å². The van der Waals surface area contributed by atoms with Crippen LogP contribution in [-0.4, -0.2) is 51.5 Å². The molecule has 0 amide bonds. The molecular weight excluding hydrogens is 256 g/mol. The monoisotopic (exact) mass is 282 g/mol. The van der Waals surface area contributed by atoms with Gasteiger partial charge in [-0.3, -0.25) is 12.5 Å². The molecule has 1 unspecified atom stereocenters. The molecule has 0 radical (unpaired) electrons. The average molecular weight is 282 g/mol. The Kier molecular flexibility index (Phi) is 8.21. The molecule has 1 saturated heterocycles. The lowest BCUT2D eigenvalue weighted by Gasteiger charge is -2.36. The van der Waals surface area contributed by atoms with E-state index in [2.05, 4.69) is 0 Å². The molecule has 1 fully saturated rings. The van der Waals surface area contributed by atoms with Crippen LogP contribution < -0.4 is 0 Å². The number of ether oxygens (including phenoxy) is 2. The van der Waals surface area contributed by atoms with Gasteiger partial charge in [-0.2, -0.15) is 0 Å². The summed E-state index contributed by atoms with van der Waals surface area (Å²) in [7, 11) is -1.84. The van der Waals surface area contributed by atoms with Gasteiger partial charge in [-0.25, -0.2) is 0 Å². The van der Waals surface area contributed by atoms with E-state index in [4.69, 9.17) is 22.0 Å². The molecule has 0 aromatic rings. The molecule has 6 heteroatoms. The summed E-state index contributed by atoms with van der Waals surface area (Å²) in [6, 6.07) is 0. The van der Waals surface area contributed by atoms with Crippen molar-refractivity contribution < 1.29 is 22.0 Å². The van der Waals surface area contributed by atoms with Gasteiger partial charge in [-0.15, -0.1) is 0 Å². The molecule has 0 bridgehead atoms. The van der Waals surface area contributed by atoms with Gasteiger partial charge in [0.1, 0.15) is 6.10 Å². The summed E-state index contributed by atoms with van der Waals surface area (Å²) in [5.41, 5.74) is 0. The molecule has 110 valence electrons. The minimum Gasteiger partial charge on any atom is -0.379 e. The van der Waals surface area contributed by atoms with Crippen molar-refractivity contribution in [1.29, 1.82) is 0 Å². The summed E-state index contributed by atoms with van der Waals surface area (Å²) in [5.74, 6) is 0.758. The fraction of sp³-hybridized carbons (Fsp3) is 1.00. The third kappa shape index (κ3) is 6.36. The lowest BCUT2D eigenvalue weighted by atomic mass is 10.5. The number of rotatable bonds is 12. The van der Waals surface area contributed by atoms with E-state index in [0.717, 1.165) is 18.8 Å². The molecule has 0 spiro atoms. The van der Waals surface area contributed by atoms with Crippen molar-refractivity contribution in [3.05, 3.63) is 0 Å². The van der Waals surface area contributed by atoms with Crippen LogP contribution in [-0.2, 0) is 22.0 Å². The summed E-state index contributed by atoms with van der Waals surface area (Å²) >= 11 is 0. The predicted octanol–water partition coefficient (Wildman–Crippen LogP) is 2.45. The van der Waals surface area contributed by atoms with Gasteiger partial charge < -0.3 is 9.47 Å². The van der Waals surface area contributed by atoms with Crippen LogP contribution in [0.2, 0.25) is 0 Å². The summed E-state index contributed by atoms with van der Waals surface area (Å²) in [6.45, 7) is 9.92. The molecule has 1 heterocycles. The van der Waals surface area contributed by atoms with Crippen molar-refractivity contribution in [3.8, 4) is 0 Å². The van der Waals surface area contributed by atoms with Crippen molar-refractivity contribution in [1.82, 2.24) is 0 Å². The van der Waals surface area contributed by atoms with E-state index in [0.29, 0.717) is 39.1 Å². The fourth-order valence-electron chi connectivity index (χ4n) is 1.53. The standard InChI is InChI=1S/C12H26O5S/c1-4-15-18(16-5-2,17-6-3)9-7-8-13-10-12-11-14-12/h12H,4-11H2,1-3H3. The molecule has 0 aliphatic carbocycles. The Hall–Kier alpha value is 0.150. The summed E-state index contributed by atoms with van der Waals surface area (Å²) in [5, 5.41) is 0. The highest BCUT2D eigenvalue weighted by atomic mass is 32.3. The van der Waals surface area contributed by atoms with Gasteiger partial charge in [0.15, 0.2) is 0 Å². The molecule has 1 atom stereocenters. The minimum atomic E-state index is -1.84. The van der Waals surface area contributed by atoms with Crippen LogP contribution in [0.15, 0.2) is 0 Å². The first kappa shape index (κ1) is 16.2. The van der Waals surface area contributed by atoms with Crippen LogP contribution in [0.25, 0.3) is 0 Å². The third-order valence-electron chi connectivity index (χ3n) is 2.28. The van der Waals surface area contributed by atoms with Gasteiger partial charge >= 0.3 is 0 Å². The van der Waals surface area contributed by atoms with Crippen LogP contribution in [0.1, 0.15) is 27.2 Å². The van der Waals surface area contributed by atoms with Gasteiger partial charge in [0.25, 0.3) is 0 Å². The second-order valence-electron chi connectivity index (χ2n) is 3.87. The zero-order chi connectivity index (χ0) is 13.3. The molecule has 0 saturated carbocycles. The number of hydrogen-bond donors (Lipinski definition) is 0. The first-order valence-electron chi connectivity index (χ1n) is 6.69. The predicted molar refractivity (Wildman–Crippen MR) is 72.5 cm³/mol. The van der Waals surface area contributed by atoms with Crippen molar-refractivity contribution in [2.75, 3.05) is 45.4 Å². The number of epoxide rings is 1. The van der Waals surface area contributed by atoms with Crippen LogP contribution >= 0.6 is 10.9 Å². The maximum Gasteiger partial charge on any atom is 0.104 e. The zero-order valence-electron chi connectivity index (χ0n) is 11.7. The van der Waals surface area contributed by atoms with Crippen LogP contribution in [0.4, 0.5) is 0 Å². The zero-order valence-corrected chi connectivity index (χ0v) is 12.5. The molecule has 5 nitrogen and oxygen atoms in total. The van der Waals surface area contributed by atoms with Crippen molar-refractivity contribution in [2.24, 2.45) is 0 Å². The minimum absolute atomic E-state index is 0.327. The lowest BCUT2D eigenvalue weighted by molar-refractivity contribution is 0.115. The Balaban J connectivity index is 2.22. The van der Waals surface area contributed by atoms with Gasteiger partial charge in [0.05, 0.1) is 43.9 Å². The van der Waals surface area contributed by atoms with Gasteiger partial charge in [0, 0.05) is 12.4 Å². The molecular formula is C12H26O5S. The van der Waals surface area contributed by atoms with E-state index in [-0.39, 0.29) is 0 Å². The van der Waals surface area contributed by atoms with Crippen LogP contribution in [0, 0.1) is 0 Å². The molecule has 1 aliphatic heterocycles. The molecule has 1 aliphatic rings. The second-order valence-corrected chi connectivity index (χ2v) is 6.10. The van der Waals surface area contributed by atoms with Crippen molar-refractivity contribution in [3.63, 3.8) is 0 Å². The average Bonchev–Trinajstić information content (AvgIpc) is 3.14. The molecule has 0 aromatic carbocycles. The first-order chi connectivity index (χ1) is 8.76. The highest BCUT2D eigenvalue weighted by Gasteiger charge is 2.26. The van der Waals surface area contributed by atoms with Gasteiger partial charge in [-0.05, 0) is 27.2 Å². The Bertz CT molecular complexity index is 194. The van der Waals surface area contributed by atoms with E-state index in [1.54, 1.807) is 0 Å². The molecule has 0 aromatic heterocycles. The Morgan fingerprint density at radius 3 is 2.06 bits per heavy atom. The van der Waals surface area contributed by atoms with Crippen LogP contribution in [0.3, 0.4) is 0 Å². The maximum atomic E-state index is 5.71. The second kappa shape index (κ2) is 9.12. The van der Waals surface area contributed by atoms with Gasteiger partial charge in [0.2, 0.25) is 0 Å². The molecule has 0 N–H and O–H groups in total. The van der Waals surface area contributed by atoms with Gasteiger partial charge in [-0.1, -0.05) is 0 Å². The van der Waals surface area contributed by atoms with E-state index >= 15 is 0 Å². The third-order valence-corrected chi connectivity index (χ3v) is 4.85. The van der Waals surface area contributed by atoms with E-state index in [9.17, 15) is 0 Å². The maximum absolute atomic E-state index is 5.71. The highest BCUT2D eigenvalue weighted by molar-refractivity contribution is 8.21. The smallest absolute Gasteiger partial charge is 0.104 e. The lowest BCUT2D eigenvalue weighted by Crippen LogP contribution is -2.18. The molecule has 18 heavy (non-hydrogen) atoms. The van der Waals surface area contributed by atoms with E-state index in [1.807, 2.05) is 20.8 Å². The van der Waals surface area contributed by atoms with E-state index in [1.165, 1.54) is 0 Å². The number of hydrogen-bond acceptors (Lipinski definition) is 5. The summed E-state index contributed by atoms with van der Waals surface area (Å²) in [6.07, 6.45) is 1.20. The molecule has 1 rings (SSSR count). The van der Waals surface area contributed by atoms with E-state index < -0.39 is 10.9 Å². The topological polar surface area (TPSA) is 49.5 Å². The summed E-state index contributed by atoms with van der Waals surface area (Å²) < 4.78 is 27.7. The first-order valence-corrected chi connectivity index (χ1v) is 8.27. The largest absolute Gasteiger partial charge is 0.379 e. The Morgan fingerprint density at radius 2 is 1.61 bits per heavy atom.